The highest BCUT2D eigenvalue weighted by atomic mass is 19.1. The number of hydrogen-bond donors (Lipinski definition) is 0. The molecule has 0 aromatic heterocycles. The lowest BCUT2D eigenvalue weighted by Gasteiger charge is -2.37. The van der Waals surface area contributed by atoms with Gasteiger partial charge in [0, 0.05) is 23.5 Å². The first-order valence-corrected chi connectivity index (χ1v) is 8.77. The second-order valence-electron chi connectivity index (χ2n) is 6.95. The standard InChI is InChI=1S/C18H25FN4/c19-16-7-3-14(4-8-16)12-15-5-9-17(10-6-15)23-11-1-2-18(23)13-21-22-20/h3-4,7-8,15,17-18H,1-2,5-6,9-13H2/t15?,17?,18-/m0/s1. The molecule has 0 spiro atoms. The van der Waals surface area contributed by atoms with Gasteiger partial charge in [-0.15, -0.1) is 0 Å². The van der Waals surface area contributed by atoms with Crippen molar-refractivity contribution in [2.45, 2.75) is 57.0 Å². The van der Waals surface area contributed by atoms with E-state index >= 15 is 0 Å². The zero-order valence-corrected chi connectivity index (χ0v) is 13.6. The Labute approximate surface area is 137 Å². The number of nitrogens with zero attached hydrogens (tertiary/aromatic N) is 4. The Hall–Kier alpha value is -1.58. The lowest BCUT2D eigenvalue weighted by molar-refractivity contribution is 0.126. The largest absolute Gasteiger partial charge is 0.297 e. The summed E-state index contributed by atoms with van der Waals surface area (Å²) in [5.74, 6) is 0.562. The molecule has 0 N–H and O–H groups in total. The molecule has 2 aliphatic rings. The van der Waals surface area contributed by atoms with Crippen LogP contribution in [0.15, 0.2) is 29.4 Å². The SMILES string of the molecule is [N-]=[N+]=NC[C@@H]1CCCN1C1CCC(Cc2ccc(F)cc2)CC1. The van der Waals surface area contributed by atoms with Gasteiger partial charge in [0.15, 0.2) is 0 Å². The first-order valence-electron chi connectivity index (χ1n) is 8.77. The predicted octanol–water partition coefficient (Wildman–Crippen LogP) is 4.70. The van der Waals surface area contributed by atoms with Gasteiger partial charge in [-0.05, 0) is 80.6 Å². The van der Waals surface area contributed by atoms with Crippen molar-refractivity contribution in [1.82, 2.24) is 4.90 Å². The molecule has 4 nitrogen and oxygen atoms in total. The average molecular weight is 316 g/mol. The van der Waals surface area contributed by atoms with Crippen LogP contribution in [-0.4, -0.2) is 30.1 Å². The Kier molecular flexibility index (Phi) is 5.52. The molecule has 0 amide bonds. The summed E-state index contributed by atoms with van der Waals surface area (Å²) < 4.78 is 13.0. The third-order valence-electron chi connectivity index (χ3n) is 5.50. The van der Waals surface area contributed by atoms with Crippen LogP contribution in [0, 0.1) is 11.7 Å². The van der Waals surface area contributed by atoms with E-state index in [4.69, 9.17) is 5.53 Å². The minimum atomic E-state index is -0.155. The van der Waals surface area contributed by atoms with Crippen molar-refractivity contribution in [3.8, 4) is 0 Å². The fourth-order valence-electron chi connectivity index (χ4n) is 4.30. The fraction of sp³-hybridized carbons (Fsp3) is 0.667. The zero-order chi connectivity index (χ0) is 16.1. The van der Waals surface area contributed by atoms with Crippen LogP contribution in [-0.2, 0) is 6.42 Å². The van der Waals surface area contributed by atoms with E-state index in [-0.39, 0.29) is 5.82 Å². The summed E-state index contributed by atoms with van der Waals surface area (Å²) in [7, 11) is 0. The van der Waals surface area contributed by atoms with Gasteiger partial charge < -0.3 is 0 Å². The minimum absolute atomic E-state index is 0.155. The summed E-state index contributed by atoms with van der Waals surface area (Å²) in [6.45, 7) is 1.77. The molecule has 5 heteroatoms. The minimum Gasteiger partial charge on any atom is -0.297 e. The molecule has 0 radical (unpaired) electrons. The molecule has 1 atom stereocenters. The third-order valence-corrected chi connectivity index (χ3v) is 5.50. The van der Waals surface area contributed by atoms with Crippen LogP contribution in [0.25, 0.3) is 10.4 Å². The molecular weight excluding hydrogens is 291 g/mol. The van der Waals surface area contributed by atoms with E-state index in [2.05, 4.69) is 14.9 Å². The van der Waals surface area contributed by atoms with Crippen molar-refractivity contribution in [2.75, 3.05) is 13.1 Å². The monoisotopic (exact) mass is 316 g/mol. The second-order valence-corrected chi connectivity index (χ2v) is 6.95. The number of benzene rings is 1. The van der Waals surface area contributed by atoms with E-state index < -0.39 is 0 Å². The summed E-state index contributed by atoms with van der Waals surface area (Å²) in [5, 5.41) is 3.79. The molecule has 1 aromatic carbocycles. The summed E-state index contributed by atoms with van der Waals surface area (Å²) in [4.78, 5) is 5.50. The van der Waals surface area contributed by atoms with Gasteiger partial charge >= 0.3 is 0 Å². The lowest BCUT2D eigenvalue weighted by atomic mass is 9.81. The Bertz CT molecular complexity index is 545. The zero-order valence-electron chi connectivity index (χ0n) is 13.6. The second kappa shape index (κ2) is 7.80. The number of rotatable bonds is 5. The molecule has 0 unspecified atom stereocenters. The lowest BCUT2D eigenvalue weighted by Crippen LogP contribution is -2.42. The van der Waals surface area contributed by atoms with Gasteiger partial charge in [-0.25, -0.2) is 4.39 Å². The van der Waals surface area contributed by atoms with Gasteiger partial charge in [-0.2, -0.15) is 0 Å². The quantitative estimate of drug-likeness (QED) is 0.441. The smallest absolute Gasteiger partial charge is 0.123 e. The van der Waals surface area contributed by atoms with Crippen LogP contribution >= 0.6 is 0 Å². The summed E-state index contributed by atoms with van der Waals surface area (Å²) in [5.41, 5.74) is 9.78. The van der Waals surface area contributed by atoms with E-state index in [1.165, 1.54) is 37.7 Å². The first kappa shape index (κ1) is 16.3. The Balaban J connectivity index is 1.49. The van der Waals surface area contributed by atoms with Crippen LogP contribution < -0.4 is 0 Å². The maximum absolute atomic E-state index is 13.0. The molecule has 1 aliphatic heterocycles. The fourth-order valence-corrected chi connectivity index (χ4v) is 4.30. The molecule has 1 aromatic rings. The predicted molar refractivity (Wildman–Crippen MR) is 89.6 cm³/mol. The van der Waals surface area contributed by atoms with Gasteiger partial charge in [0.05, 0.1) is 0 Å². The molecule has 1 saturated heterocycles. The number of azide groups is 1. The van der Waals surface area contributed by atoms with Gasteiger partial charge in [-0.1, -0.05) is 17.2 Å². The molecule has 0 bridgehead atoms. The highest BCUT2D eigenvalue weighted by Crippen LogP contribution is 2.33. The Morgan fingerprint density at radius 3 is 2.57 bits per heavy atom. The van der Waals surface area contributed by atoms with Crippen LogP contribution in [0.3, 0.4) is 0 Å². The van der Waals surface area contributed by atoms with Crippen molar-refractivity contribution >= 4 is 0 Å². The van der Waals surface area contributed by atoms with E-state index in [9.17, 15) is 4.39 Å². The van der Waals surface area contributed by atoms with Crippen molar-refractivity contribution in [3.63, 3.8) is 0 Å². The van der Waals surface area contributed by atoms with Crippen LogP contribution in [0.5, 0.6) is 0 Å². The Morgan fingerprint density at radius 1 is 1.13 bits per heavy atom. The molecule has 3 rings (SSSR count). The van der Waals surface area contributed by atoms with Crippen molar-refractivity contribution < 1.29 is 4.39 Å². The van der Waals surface area contributed by atoms with Gasteiger partial charge in [-0.3, -0.25) is 4.90 Å². The molecule has 1 saturated carbocycles. The molecule has 124 valence electrons. The van der Waals surface area contributed by atoms with Gasteiger partial charge in [0.25, 0.3) is 0 Å². The van der Waals surface area contributed by atoms with Gasteiger partial charge in [0.2, 0.25) is 0 Å². The van der Waals surface area contributed by atoms with E-state index in [1.807, 2.05) is 12.1 Å². The van der Waals surface area contributed by atoms with Crippen molar-refractivity contribution in [2.24, 2.45) is 11.0 Å². The van der Waals surface area contributed by atoms with E-state index in [1.54, 1.807) is 12.1 Å². The molecule has 1 aliphatic carbocycles. The maximum Gasteiger partial charge on any atom is 0.123 e. The summed E-state index contributed by atoms with van der Waals surface area (Å²) >= 11 is 0. The highest BCUT2D eigenvalue weighted by molar-refractivity contribution is 5.16. The van der Waals surface area contributed by atoms with E-state index in [0.717, 1.165) is 25.3 Å². The van der Waals surface area contributed by atoms with Crippen molar-refractivity contribution in [3.05, 3.63) is 46.1 Å². The number of hydrogen-bond acceptors (Lipinski definition) is 2. The van der Waals surface area contributed by atoms with Crippen molar-refractivity contribution in [1.29, 1.82) is 0 Å². The molecule has 23 heavy (non-hydrogen) atoms. The van der Waals surface area contributed by atoms with E-state index in [0.29, 0.717) is 18.6 Å². The Morgan fingerprint density at radius 2 is 1.87 bits per heavy atom. The number of halogens is 1. The summed E-state index contributed by atoms with van der Waals surface area (Å²) in [6.07, 6.45) is 8.40. The van der Waals surface area contributed by atoms with Gasteiger partial charge in [0.1, 0.15) is 5.82 Å². The van der Waals surface area contributed by atoms with Crippen LogP contribution in [0.4, 0.5) is 4.39 Å². The van der Waals surface area contributed by atoms with Crippen LogP contribution in [0.1, 0.15) is 44.1 Å². The third kappa shape index (κ3) is 4.24. The molecule has 1 heterocycles. The molecular formula is C18H25FN4. The first-order chi connectivity index (χ1) is 11.3. The molecule has 2 fully saturated rings. The normalized spacial score (nSPS) is 28.5. The number of likely N-dealkylation sites (tertiary alicyclic amines) is 1. The van der Waals surface area contributed by atoms with Crippen LogP contribution in [0.2, 0.25) is 0 Å². The maximum atomic E-state index is 13.0. The topological polar surface area (TPSA) is 52.0 Å². The summed E-state index contributed by atoms with van der Waals surface area (Å²) in [6, 6.07) is 8.05. The average Bonchev–Trinajstić information content (AvgIpc) is 3.04. The highest BCUT2D eigenvalue weighted by Gasteiger charge is 2.32.